The summed E-state index contributed by atoms with van der Waals surface area (Å²) >= 11 is 0. The summed E-state index contributed by atoms with van der Waals surface area (Å²) in [5, 5.41) is 6.71. The Bertz CT molecular complexity index is 372. The maximum atomic E-state index is 11.7. The van der Waals surface area contributed by atoms with Crippen LogP contribution < -0.4 is 10.6 Å². The van der Waals surface area contributed by atoms with Gasteiger partial charge in [0.15, 0.2) is 5.96 Å². The van der Waals surface area contributed by atoms with Crippen molar-refractivity contribution >= 4 is 11.9 Å². The molecule has 1 saturated heterocycles. The Labute approximate surface area is 141 Å². The van der Waals surface area contributed by atoms with Crippen LogP contribution in [0.15, 0.2) is 4.99 Å². The topological polar surface area (TPSA) is 66.0 Å². The summed E-state index contributed by atoms with van der Waals surface area (Å²) in [6.07, 6.45) is 2.49. The molecule has 1 unspecified atom stereocenters. The summed E-state index contributed by atoms with van der Waals surface area (Å²) in [4.78, 5) is 18.3. The highest BCUT2D eigenvalue weighted by Gasteiger charge is 2.25. The summed E-state index contributed by atoms with van der Waals surface area (Å²) in [5.74, 6) is 1.65. The van der Waals surface area contributed by atoms with Crippen molar-refractivity contribution in [3.63, 3.8) is 0 Å². The smallest absolute Gasteiger partial charge is 0.222 e. The Morgan fingerprint density at radius 2 is 2.17 bits per heavy atom. The van der Waals surface area contributed by atoms with E-state index in [1.165, 1.54) is 0 Å². The largest absolute Gasteiger partial charge is 0.381 e. The fraction of sp³-hybridized carbons (Fsp3) is 0.882. The van der Waals surface area contributed by atoms with Crippen molar-refractivity contribution in [1.82, 2.24) is 15.5 Å². The number of nitrogens with zero attached hydrogens (tertiary/aromatic N) is 2. The first-order valence-electron chi connectivity index (χ1n) is 8.97. The molecule has 0 aliphatic carbocycles. The van der Waals surface area contributed by atoms with Crippen molar-refractivity contribution in [2.24, 2.45) is 10.9 Å². The van der Waals surface area contributed by atoms with E-state index in [1.54, 1.807) is 0 Å². The third-order valence-electron chi connectivity index (χ3n) is 3.70. The normalized spacial score (nSPS) is 18.6. The van der Waals surface area contributed by atoms with Crippen LogP contribution in [-0.2, 0) is 9.53 Å². The van der Waals surface area contributed by atoms with Gasteiger partial charge in [-0.2, -0.15) is 0 Å². The molecule has 1 amide bonds. The van der Waals surface area contributed by atoms with Crippen LogP contribution in [0.3, 0.4) is 0 Å². The Balaban J connectivity index is 2.31. The number of guanidine groups is 1. The molecular weight excluding hydrogens is 292 g/mol. The molecule has 1 atom stereocenters. The van der Waals surface area contributed by atoms with E-state index >= 15 is 0 Å². The van der Waals surface area contributed by atoms with E-state index in [2.05, 4.69) is 36.4 Å². The fourth-order valence-corrected chi connectivity index (χ4v) is 2.52. The Hall–Kier alpha value is -1.30. The molecule has 134 valence electrons. The second-order valence-electron chi connectivity index (χ2n) is 6.41. The number of carbonyl (C=O) groups is 1. The molecule has 1 fully saturated rings. The number of nitrogens with one attached hydrogen (secondary N) is 2. The van der Waals surface area contributed by atoms with Gasteiger partial charge in [0.2, 0.25) is 5.91 Å². The highest BCUT2D eigenvalue weighted by atomic mass is 16.5. The molecule has 0 saturated carbocycles. The molecule has 0 aromatic rings. The monoisotopic (exact) mass is 326 g/mol. The van der Waals surface area contributed by atoms with E-state index in [0.717, 1.165) is 58.2 Å². The predicted octanol–water partition coefficient (Wildman–Crippen LogP) is 1.62. The van der Waals surface area contributed by atoms with Gasteiger partial charge in [-0.25, -0.2) is 0 Å². The average molecular weight is 326 g/mol. The molecule has 2 N–H and O–H groups in total. The van der Waals surface area contributed by atoms with Gasteiger partial charge in [-0.05, 0) is 25.7 Å². The van der Waals surface area contributed by atoms with Gasteiger partial charge in [0, 0.05) is 51.9 Å². The maximum absolute atomic E-state index is 11.7. The van der Waals surface area contributed by atoms with E-state index < -0.39 is 0 Å². The van der Waals surface area contributed by atoms with Gasteiger partial charge in [0.1, 0.15) is 0 Å². The van der Waals surface area contributed by atoms with E-state index in [-0.39, 0.29) is 5.91 Å². The number of likely N-dealkylation sites (tertiary alicyclic amines) is 1. The van der Waals surface area contributed by atoms with Crippen molar-refractivity contribution in [3.8, 4) is 0 Å². The van der Waals surface area contributed by atoms with Gasteiger partial charge >= 0.3 is 0 Å². The zero-order valence-corrected chi connectivity index (χ0v) is 15.2. The third kappa shape index (κ3) is 8.21. The van der Waals surface area contributed by atoms with Gasteiger partial charge in [-0.3, -0.25) is 9.79 Å². The van der Waals surface area contributed by atoms with Crippen molar-refractivity contribution in [2.45, 2.75) is 53.0 Å². The van der Waals surface area contributed by atoms with E-state index in [4.69, 9.17) is 4.74 Å². The third-order valence-corrected chi connectivity index (χ3v) is 3.70. The lowest BCUT2D eigenvalue weighted by Gasteiger charge is -2.18. The number of ether oxygens (including phenoxy) is 1. The fourth-order valence-electron chi connectivity index (χ4n) is 2.52. The number of carbonyl (C=O) groups excluding carboxylic acids is 1. The summed E-state index contributed by atoms with van der Waals surface area (Å²) in [6, 6.07) is 0.292. The molecule has 1 aliphatic rings. The van der Waals surface area contributed by atoms with Crippen molar-refractivity contribution in [1.29, 1.82) is 0 Å². The van der Waals surface area contributed by atoms with Crippen LogP contribution in [0.2, 0.25) is 0 Å². The molecule has 1 heterocycles. The number of aliphatic imine (C=N–C) groups is 1. The minimum atomic E-state index is 0.235. The highest BCUT2D eigenvalue weighted by molar-refractivity contribution is 5.80. The summed E-state index contributed by atoms with van der Waals surface area (Å²) < 4.78 is 5.57. The predicted molar refractivity (Wildman–Crippen MR) is 94.7 cm³/mol. The van der Waals surface area contributed by atoms with Gasteiger partial charge in [-0.1, -0.05) is 20.8 Å². The van der Waals surface area contributed by atoms with E-state index in [9.17, 15) is 4.79 Å². The minimum absolute atomic E-state index is 0.235. The first kappa shape index (κ1) is 19.7. The lowest BCUT2D eigenvalue weighted by molar-refractivity contribution is -0.129. The molecule has 6 heteroatoms. The number of hydrogen-bond donors (Lipinski definition) is 2. The van der Waals surface area contributed by atoms with Crippen LogP contribution in [0, 0.1) is 5.92 Å². The van der Waals surface area contributed by atoms with Crippen LogP contribution in [0.1, 0.15) is 47.0 Å². The van der Waals surface area contributed by atoms with Crippen LogP contribution >= 0.6 is 0 Å². The second kappa shape index (κ2) is 11.3. The zero-order chi connectivity index (χ0) is 17.1. The van der Waals surface area contributed by atoms with E-state index in [1.807, 2.05) is 11.8 Å². The van der Waals surface area contributed by atoms with Gasteiger partial charge < -0.3 is 20.3 Å². The summed E-state index contributed by atoms with van der Waals surface area (Å²) in [7, 11) is 0. The van der Waals surface area contributed by atoms with Crippen molar-refractivity contribution in [3.05, 3.63) is 0 Å². The highest BCUT2D eigenvalue weighted by Crippen LogP contribution is 2.10. The number of hydrogen-bond acceptors (Lipinski definition) is 3. The van der Waals surface area contributed by atoms with Gasteiger partial charge in [0.25, 0.3) is 0 Å². The molecule has 6 nitrogen and oxygen atoms in total. The molecule has 0 radical (unpaired) electrons. The number of rotatable bonds is 9. The van der Waals surface area contributed by atoms with Gasteiger partial charge in [-0.15, -0.1) is 0 Å². The maximum Gasteiger partial charge on any atom is 0.222 e. The van der Waals surface area contributed by atoms with Gasteiger partial charge in [0.05, 0.1) is 0 Å². The summed E-state index contributed by atoms with van der Waals surface area (Å²) in [6.45, 7) is 13.0. The lowest BCUT2D eigenvalue weighted by Crippen LogP contribution is -2.45. The number of amides is 1. The standard InChI is InChI=1S/C17H34N4O2/c1-5-16(22)21-10-8-15(12-21)20-17(18-6-2)19-9-7-11-23-13-14(3)4/h14-15H,5-13H2,1-4H3,(H2,18,19,20). The molecule has 0 aromatic carbocycles. The Morgan fingerprint density at radius 1 is 1.39 bits per heavy atom. The second-order valence-corrected chi connectivity index (χ2v) is 6.41. The minimum Gasteiger partial charge on any atom is -0.381 e. The summed E-state index contributed by atoms with van der Waals surface area (Å²) in [5.41, 5.74) is 0. The van der Waals surface area contributed by atoms with Crippen molar-refractivity contribution < 1.29 is 9.53 Å². The molecule has 0 spiro atoms. The average Bonchev–Trinajstić information content (AvgIpc) is 2.98. The first-order valence-corrected chi connectivity index (χ1v) is 8.97. The van der Waals surface area contributed by atoms with Crippen LogP contribution in [0.5, 0.6) is 0 Å². The quantitative estimate of drug-likeness (QED) is 0.384. The molecular formula is C17H34N4O2. The Morgan fingerprint density at radius 3 is 2.83 bits per heavy atom. The molecule has 0 bridgehead atoms. The molecule has 1 rings (SSSR count). The molecule has 0 aromatic heterocycles. The lowest BCUT2D eigenvalue weighted by atomic mass is 10.2. The van der Waals surface area contributed by atoms with Crippen LogP contribution in [-0.4, -0.2) is 62.2 Å². The SMILES string of the molecule is CCNC(=NCCCOCC(C)C)NC1CCN(C(=O)CC)C1. The molecule has 23 heavy (non-hydrogen) atoms. The van der Waals surface area contributed by atoms with Crippen molar-refractivity contribution in [2.75, 3.05) is 39.4 Å². The zero-order valence-electron chi connectivity index (χ0n) is 15.2. The Kier molecular flexibility index (Phi) is 9.67. The molecule has 1 aliphatic heterocycles. The van der Waals surface area contributed by atoms with E-state index in [0.29, 0.717) is 18.4 Å². The first-order chi connectivity index (χ1) is 11.1. The van der Waals surface area contributed by atoms with Crippen LogP contribution in [0.25, 0.3) is 0 Å². The van der Waals surface area contributed by atoms with Crippen LogP contribution in [0.4, 0.5) is 0 Å².